The van der Waals surface area contributed by atoms with E-state index >= 15 is 0 Å². The summed E-state index contributed by atoms with van der Waals surface area (Å²) in [4.78, 5) is 16.9. The average molecular weight is 296 g/mol. The summed E-state index contributed by atoms with van der Waals surface area (Å²) in [5.41, 5.74) is 1.37. The first-order valence-electron chi connectivity index (χ1n) is 7.79. The van der Waals surface area contributed by atoms with Crippen LogP contribution < -0.4 is 0 Å². The highest BCUT2D eigenvalue weighted by Crippen LogP contribution is 2.60. The summed E-state index contributed by atoms with van der Waals surface area (Å²) in [6.07, 6.45) is 2.25. The molecule has 0 aromatic rings. The van der Waals surface area contributed by atoms with Gasteiger partial charge in [-0.25, -0.2) is 0 Å². The van der Waals surface area contributed by atoms with Gasteiger partial charge in [-0.05, 0) is 39.3 Å². The summed E-state index contributed by atoms with van der Waals surface area (Å²) in [6.45, 7) is 11.5. The number of amides is 1. The van der Waals surface area contributed by atoms with Gasteiger partial charge in [-0.15, -0.1) is 0 Å². The van der Waals surface area contributed by atoms with Crippen molar-refractivity contribution >= 4 is 5.91 Å². The monoisotopic (exact) mass is 296 g/mol. The summed E-state index contributed by atoms with van der Waals surface area (Å²) in [7, 11) is 5.75. The van der Waals surface area contributed by atoms with E-state index in [4.69, 9.17) is 4.74 Å². The first-order chi connectivity index (χ1) is 9.71. The highest BCUT2D eigenvalue weighted by molar-refractivity contribution is 5.83. The van der Waals surface area contributed by atoms with Gasteiger partial charge in [0, 0.05) is 26.7 Å². The number of carbonyl (C=O) groups is 1. The number of ether oxygens (including phenoxy) is 1. The number of carbonyl (C=O) groups excluding carboxylic acids is 1. The molecular weight excluding hydrogens is 264 g/mol. The molecule has 1 aliphatic carbocycles. The first kappa shape index (κ1) is 18.2. The number of hydrogen-bond acceptors (Lipinski definition) is 3. The second-order valence-corrected chi connectivity index (χ2v) is 7.19. The summed E-state index contributed by atoms with van der Waals surface area (Å²) < 4.78 is 5.15. The van der Waals surface area contributed by atoms with E-state index in [-0.39, 0.29) is 17.2 Å². The van der Waals surface area contributed by atoms with E-state index in [1.807, 2.05) is 19.0 Å². The molecule has 0 aromatic carbocycles. The molecule has 1 amide bonds. The van der Waals surface area contributed by atoms with Crippen LogP contribution in [0.4, 0.5) is 0 Å². The Hall–Kier alpha value is -0.870. The van der Waals surface area contributed by atoms with Gasteiger partial charge in [-0.1, -0.05) is 25.5 Å². The molecule has 0 N–H and O–H groups in total. The molecule has 1 rings (SSSR count). The average Bonchev–Trinajstić information content (AvgIpc) is 2.89. The predicted octanol–water partition coefficient (Wildman–Crippen LogP) is 2.26. The molecule has 1 fully saturated rings. The smallest absolute Gasteiger partial charge is 0.226 e. The van der Waals surface area contributed by atoms with E-state index in [0.717, 1.165) is 13.1 Å². The van der Waals surface area contributed by atoms with Crippen molar-refractivity contribution in [2.45, 2.75) is 27.7 Å². The molecule has 0 bridgehead atoms. The highest BCUT2D eigenvalue weighted by Gasteiger charge is 2.61. The number of allylic oxidation sites excluding steroid dienone is 2. The molecule has 0 spiro atoms. The molecule has 0 heterocycles. The van der Waals surface area contributed by atoms with Crippen LogP contribution >= 0.6 is 0 Å². The lowest BCUT2D eigenvalue weighted by Crippen LogP contribution is -2.40. The Labute approximate surface area is 130 Å². The van der Waals surface area contributed by atoms with E-state index in [0.29, 0.717) is 19.1 Å². The second-order valence-electron chi connectivity index (χ2n) is 7.19. The fourth-order valence-electron chi connectivity index (χ4n) is 2.87. The topological polar surface area (TPSA) is 32.8 Å². The van der Waals surface area contributed by atoms with Crippen molar-refractivity contribution in [3.63, 3.8) is 0 Å². The molecule has 0 radical (unpaired) electrons. The van der Waals surface area contributed by atoms with Gasteiger partial charge < -0.3 is 14.5 Å². The second kappa shape index (κ2) is 7.41. The van der Waals surface area contributed by atoms with Crippen LogP contribution in [0, 0.1) is 17.3 Å². The van der Waals surface area contributed by atoms with Crippen molar-refractivity contribution < 1.29 is 9.53 Å². The van der Waals surface area contributed by atoms with Crippen LogP contribution in [-0.2, 0) is 9.53 Å². The zero-order valence-electron chi connectivity index (χ0n) is 14.8. The lowest BCUT2D eigenvalue weighted by atomic mass is 10.1. The predicted molar refractivity (Wildman–Crippen MR) is 87.2 cm³/mol. The number of rotatable bonds is 8. The van der Waals surface area contributed by atoms with Gasteiger partial charge in [-0.2, -0.15) is 0 Å². The van der Waals surface area contributed by atoms with Gasteiger partial charge in [0.2, 0.25) is 5.91 Å². The third kappa shape index (κ3) is 4.82. The van der Waals surface area contributed by atoms with Crippen LogP contribution in [0.1, 0.15) is 27.7 Å². The fraction of sp³-hybridized carbons (Fsp3) is 0.824. The normalized spacial score (nSPS) is 23.0. The number of methoxy groups -OCH3 is 1. The molecule has 2 unspecified atom stereocenters. The summed E-state index contributed by atoms with van der Waals surface area (Å²) in [6, 6.07) is 0. The van der Waals surface area contributed by atoms with Crippen LogP contribution in [0.3, 0.4) is 0 Å². The maximum atomic E-state index is 12.9. The molecule has 4 nitrogen and oxygen atoms in total. The van der Waals surface area contributed by atoms with Gasteiger partial charge in [0.1, 0.15) is 0 Å². The largest absolute Gasteiger partial charge is 0.383 e. The Morgan fingerprint density at radius 2 is 1.81 bits per heavy atom. The molecule has 1 saturated carbocycles. The number of nitrogens with zero attached hydrogens (tertiary/aromatic N) is 2. The van der Waals surface area contributed by atoms with Gasteiger partial charge in [0.15, 0.2) is 0 Å². The van der Waals surface area contributed by atoms with Crippen molar-refractivity contribution in [1.29, 1.82) is 0 Å². The Morgan fingerprint density at radius 1 is 1.19 bits per heavy atom. The Kier molecular flexibility index (Phi) is 6.41. The van der Waals surface area contributed by atoms with Gasteiger partial charge in [-0.3, -0.25) is 4.79 Å². The summed E-state index contributed by atoms with van der Waals surface area (Å²) in [5, 5.41) is 0. The van der Waals surface area contributed by atoms with E-state index in [9.17, 15) is 4.79 Å². The standard InChI is InChI=1S/C17H32N2O2/c1-13(2)12-14-15(17(14,3)4)16(20)19(10-11-21-7)9-8-18(5)6/h12,14-15H,8-11H2,1-7H3. The van der Waals surface area contributed by atoms with E-state index in [2.05, 4.69) is 38.7 Å². The molecular formula is C17H32N2O2. The third-order valence-corrected chi connectivity index (χ3v) is 4.38. The van der Waals surface area contributed by atoms with Crippen molar-refractivity contribution in [2.75, 3.05) is 47.4 Å². The van der Waals surface area contributed by atoms with E-state index < -0.39 is 0 Å². The molecule has 1 aliphatic rings. The zero-order chi connectivity index (χ0) is 16.2. The molecule has 2 atom stereocenters. The minimum atomic E-state index is 0.0811. The SMILES string of the molecule is COCCN(CCN(C)C)C(=O)C1C(C=C(C)C)C1(C)C. The minimum Gasteiger partial charge on any atom is -0.383 e. The fourth-order valence-corrected chi connectivity index (χ4v) is 2.87. The van der Waals surface area contributed by atoms with Crippen molar-refractivity contribution in [3.8, 4) is 0 Å². The summed E-state index contributed by atoms with van der Waals surface area (Å²) in [5.74, 6) is 0.771. The number of likely N-dealkylation sites (N-methyl/N-ethyl adjacent to an activating group) is 1. The zero-order valence-corrected chi connectivity index (χ0v) is 14.8. The Morgan fingerprint density at radius 3 is 2.29 bits per heavy atom. The van der Waals surface area contributed by atoms with Crippen LogP contribution in [0.15, 0.2) is 11.6 Å². The quantitative estimate of drug-likeness (QED) is 0.644. The number of hydrogen-bond donors (Lipinski definition) is 0. The van der Waals surface area contributed by atoms with Crippen molar-refractivity contribution in [3.05, 3.63) is 11.6 Å². The molecule has 0 aliphatic heterocycles. The van der Waals surface area contributed by atoms with Crippen LogP contribution in [0.25, 0.3) is 0 Å². The Balaban J connectivity index is 2.73. The van der Waals surface area contributed by atoms with Gasteiger partial charge in [0.25, 0.3) is 0 Å². The maximum absolute atomic E-state index is 12.9. The van der Waals surface area contributed by atoms with Crippen LogP contribution in [0.5, 0.6) is 0 Å². The lowest BCUT2D eigenvalue weighted by molar-refractivity contribution is -0.134. The minimum absolute atomic E-state index is 0.0811. The van der Waals surface area contributed by atoms with Crippen molar-refractivity contribution in [2.24, 2.45) is 17.3 Å². The van der Waals surface area contributed by atoms with Crippen LogP contribution in [0.2, 0.25) is 0 Å². The molecule has 21 heavy (non-hydrogen) atoms. The van der Waals surface area contributed by atoms with E-state index in [1.165, 1.54) is 5.57 Å². The Bertz CT molecular complexity index is 384. The van der Waals surface area contributed by atoms with Crippen molar-refractivity contribution in [1.82, 2.24) is 9.80 Å². The van der Waals surface area contributed by atoms with E-state index in [1.54, 1.807) is 7.11 Å². The first-order valence-corrected chi connectivity index (χ1v) is 7.79. The van der Waals surface area contributed by atoms with Crippen LogP contribution in [-0.4, -0.2) is 63.2 Å². The molecule has 4 heteroatoms. The molecule has 0 aromatic heterocycles. The highest BCUT2D eigenvalue weighted by atomic mass is 16.5. The molecule has 122 valence electrons. The lowest BCUT2D eigenvalue weighted by Gasteiger charge is -2.25. The third-order valence-electron chi connectivity index (χ3n) is 4.38. The van der Waals surface area contributed by atoms with Gasteiger partial charge >= 0.3 is 0 Å². The molecule has 0 saturated heterocycles. The van der Waals surface area contributed by atoms with Gasteiger partial charge in [0.05, 0.1) is 12.5 Å². The maximum Gasteiger partial charge on any atom is 0.226 e. The summed E-state index contributed by atoms with van der Waals surface area (Å²) >= 11 is 0.